The van der Waals surface area contributed by atoms with Gasteiger partial charge >= 0.3 is 0 Å². The molecule has 90 valence electrons. The SMILES string of the molecule is Cc1cc(NS(C)(=O)=O)ccc1-n1cnnn1. The fourth-order valence-electron chi connectivity index (χ4n) is 1.46. The first-order chi connectivity index (χ1) is 7.96. The third-order valence-corrected chi connectivity index (χ3v) is 2.70. The molecule has 0 bridgehead atoms. The summed E-state index contributed by atoms with van der Waals surface area (Å²) in [6.07, 6.45) is 2.59. The first kappa shape index (κ1) is 11.5. The lowest BCUT2D eigenvalue weighted by Crippen LogP contribution is -2.10. The molecule has 0 amide bonds. The van der Waals surface area contributed by atoms with Crippen molar-refractivity contribution < 1.29 is 8.42 Å². The Bertz CT molecular complexity index is 621. The Morgan fingerprint density at radius 2 is 2.12 bits per heavy atom. The number of nitrogens with zero attached hydrogens (tertiary/aromatic N) is 4. The maximum atomic E-state index is 11.1. The van der Waals surface area contributed by atoms with Crippen LogP contribution in [0, 0.1) is 6.92 Å². The molecule has 0 aliphatic carbocycles. The van der Waals surface area contributed by atoms with Gasteiger partial charge in [0.05, 0.1) is 11.9 Å². The molecule has 0 aliphatic rings. The van der Waals surface area contributed by atoms with Crippen LogP contribution < -0.4 is 4.72 Å². The molecule has 7 nitrogen and oxygen atoms in total. The highest BCUT2D eigenvalue weighted by molar-refractivity contribution is 7.92. The van der Waals surface area contributed by atoms with Crippen molar-refractivity contribution in [2.24, 2.45) is 0 Å². The van der Waals surface area contributed by atoms with Crippen molar-refractivity contribution in [3.63, 3.8) is 0 Å². The standard InChI is InChI=1S/C9H11N5O2S/c1-7-5-8(11-17(2,15)16)3-4-9(7)14-6-10-12-13-14/h3-6,11H,1-2H3. The van der Waals surface area contributed by atoms with Crippen LogP contribution in [0.1, 0.15) is 5.56 Å². The number of aryl methyl sites for hydroxylation is 1. The molecule has 1 N–H and O–H groups in total. The van der Waals surface area contributed by atoms with E-state index in [-0.39, 0.29) is 0 Å². The molecule has 0 spiro atoms. The summed E-state index contributed by atoms with van der Waals surface area (Å²) in [5.74, 6) is 0. The second-order valence-corrected chi connectivity index (χ2v) is 5.38. The Balaban J connectivity index is 2.36. The van der Waals surface area contributed by atoms with Gasteiger partial charge in [-0.15, -0.1) is 5.10 Å². The van der Waals surface area contributed by atoms with Crippen LogP contribution in [0.2, 0.25) is 0 Å². The Morgan fingerprint density at radius 1 is 1.35 bits per heavy atom. The summed E-state index contributed by atoms with van der Waals surface area (Å²) >= 11 is 0. The predicted molar refractivity (Wildman–Crippen MR) is 62.4 cm³/mol. The minimum absolute atomic E-state index is 0.516. The smallest absolute Gasteiger partial charge is 0.229 e. The Kier molecular flexibility index (Phi) is 2.80. The number of rotatable bonds is 3. The highest BCUT2D eigenvalue weighted by Gasteiger charge is 2.06. The van der Waals surface area contributed by atoms with Gasteiger partial charge in [-0.3, -0.25) is 4.72 Å². The van der Waals surface area contributed by atoms with Crippen molar-refractivity contribution in [3.8, 4) is 5.69 Å². The molecule has 1 aromatic heterocycles. The summed E-state index contributed by atoms with van der Waals surface area (Å²) < 4.78 is 26.1. The molecule has 0 saturated heterocycles. The topological polar surface area (TPSA) is 89.8 Å². The van der Waals surface area contributed by atoms with Crippen LogP contribution in [0.5, 0.6) is 0 Å². The molecule has 17 heavy (non-hydrogen) atoms. The average Bonchev–Trinajstić information content (AvgIpc) is 2.68. The van der Waals surface area contributed by atoms with Crippen molar-refractivity contribution in [3.05, 3.63) is 30.1 Å². The van der Waals surface area contributed by atoms with Crippen molar-refractivity contribution in [1.29, 1.82) is 0 Å². The van der Waals surface area contributed by atoms with E-state index in [1.807, 2.05) is 6.92 Å². The summed E-state index contributed by atoms with van der Waals surface area (Å²) in [5, 5.41) is 10.9. The van der Waals surface area contributed by atoms with E-state index in [0.717, 1.165) is 17.5 Å². The zero-order valence-corrected chi connectivity index (χ0v) is 10.1. The lowest BCUT2D eigenvalue weighted by Gasteiger charge is -2.08. The van der Waals surface area contributed by atoms with E-state index in [1.165, 1.54) is 11.0 Å². The summed E-state index contributed by atoms with van der Waals surface area (Å²) in [7, 11) is -3.26. The van der Waals surface area contributed by atoms with Crippen LogP contribution in [0.4, 0.5) is 5.69 Å². The van der Waals surface area contributed by atoms with Crippen LogP contribution in [-0.4, -0.2) is 34.9 Å². The summed E-state index contributed by atoms with van der Waals surface area (Å²) in [6.45, 7) is 1.85. The van der Waals surface area contributed by atoms with Gasteiger partial charge in [-0.1, -0.05) is 0 Å². The molecule has 0 fully saturated rings. The Hall–Kier alpha value is -1.96. The summed E-state index contributed by atoms with van der Waals surface area (Å²) in [6, 6.07) is 5.13. The highest BCUT2D eigenvalue weighted by Crippen LogP contribution is 2.18. The van der Waals surface area contributed by atoms with Crippen molar-refractivity contribution in [1.82, 2.24) is 20.2 Å². The van der Waals surface area contributed by atoms with Crippen molar-refractivity contribution >= 4 is 15.7 Å². The number of sulfonamides is 1. The minimum Gasteiger partial charge on any atom is -0.284 e. The van der Waals surface area contributed by atoms with Crippen LogP contribution in [0.15, 0.2) is 24.5 Å². The van der Waals surface area contributed by atoms with E-state index in [0.29, 0.717) is 5.69 Å². The quantitative estimate of drug-likeness (QED) is 0.852. The number of hydrogen-bond acceptors (Lipinski definition) is 5. The minimum atomic E-state index is -3.26. The van der Waals surface area contributed by atoms with Crippen molar-refractivity contribution in [2.75, 3.05) is 11.0 Å². The lowest BCUT2D eigenvalue weighted by molar-refractivity contribution is 0.607. The zero-order valence-electron chi connectivity index (χ0n) is 9.32. The number of aromatic nitrogens is 4. The average molecular weight is 253 g/mol. The van der Waals surface area contributed by atoms with Gasteiger partial charge in [0.2, 0.25) is 10.0 Å². The third-order valence-electron chi connectivity index (χ3n) is 2.10. The molecule has 8 heteroatoms. The van der Waals surface area contributed by atoms with Crippen LogP contribution in [-0.2, 0) is 10.0 Å². The lowest BCUT2D eigenvalue weighted by atomic mass is 10.2. The molecule has 0 aliphatic heterocycles. The molecule has 1 heterocycles. The van der Waals surface area contributed by atoms with Crippen LogP contribution in [0.3, 0.4) is 0 Å². The number of benzene rings is 1. The van der Waals surface area contributed by atoms with Gasteiger partial charge in [0.25, 0.3) is 0 Å². The molecule has 0 radical (unpaired) electrons. The number of tetrazole rings is 1. The molecule has 1 aromatic carbocycles. The third kappa shape index (κ3) is 2.78. The fourth-order valence-corrected chi connectivity index (χ4v) is 2.02. The van der Waals surface area contributed by atoms with Gasteiger partial charge in [0.15, 0.2) is 0 Å². The molecule has 0 atom stereocenters. The van der Waals surface area contributed by atoms with Gasteiger partial charge in [0, 0.05) is 5.69 Å². The van der Waals surface area contributed by atoms with E-state index >= 15 is 0 Å². The Morgan fingerprint density at radius 3 is 2.65 bits per heavy atom. The van der Waals surface area contributed by atoms with E-state index in [9.17, 15) is 8.42 Å². The first-order valence-electron chi connectivity index (χ1n) is 4.77. The van der Waals surface area contributed by atoms with Gasteiger partial charge < -0.3 is 0 Å². The largest absolute Gasteiger partial charge is 0.284 e. The number of anilines is 1. The van der Waals surface area contributed by atoms with Gasteiger partial charge in [0.1, 0.15) is 6.33 Å². The number of hydrogen-bond donors (Lipinski definition) is 1. The summed E-state index contributed by atoms with van der Waals surface area (Å²) in [5.41, 5.74) is 2.18. The predicted octanol–water partition coefficient (Wildman–Crippen LogP) is 0.342. The second kappa shape index (κ2) is 4.13. The van der Waals surface area contributed by atoms with E-state index in [1.54, 1.807) is 18.2 Å². The summed E-state index contributed by atoms with van der Waals surface area (Å²) in [4.78, 5) is 0. The van der Waals surface area contributed by atoms with E-state index in [2.05, 4.69) is 20.2 Å². The maximum absolute atomic E-state index is 11.1. The fraction of sp³-hybridized carbons (Fsp3) is 0.222. The first-order valence-corrected chi connectivity index (χ1v) is 6.67. The zero-order chi connectivity index (χ0) is 12.5. The van der Waals surface area contributed by atoms with Gasteiger partial charge in [-0.05, 0) is 41.1 Å². The molecular weight excluding hydrogens is 242 g/mol. The highest BCUT2D eigenvalue weighted by atomic mass is 32.2. The van der Waals surface area contributed by atoms with E-state index < -0.39 is 10.0 Å². The molecule has 2 aromatic rings. The van der Waals surface area contributed by atoms with Gasteiger partial charge in [-0.25, -0.2) is 13.1 Å². The number of nitrogens with one attached hydrogen (secondary N) is 1. The monoisotopic (exact) mass is 253 g/mol. The second-order valence-electron chi connectivity index (χ2n) is 3.63. The van der Waals surface area contributed by atoms with Crippen LogP contribution >= 0.6 is 0 Å². The molecule has 0 unspecified atom stereocenters. The van der Waals surface area contributed by atoms with Crippen molar-refractivity contribution in [2.45, 2.75) is 6.92 Å². The van der Waals surface area contributed by atoms with E-state index in [4.69, 9.17) is 0 Å². The normalized spacial score (nSPS) is 11.4. The molecule has 0 saturated carbocycles. The molecular formula is C9H11N5O2S. The van der Waals surface area contributed by atoms with Crippen LogP contribution in [0.25, 0.3) is 5.69 Å². The van der Waals surface area contributed by atoms with Gasteiger partial charge in [-0.2, -0.15) is 0 Å². The Labute approximate surface area is 98.5 Å². The maximum Gasteiger partial charge on any atom is 0.229 e. The molecule has 2 rings (SSSR count).